The standard InChI is InChI=1S/C20H13F6N5S/c1-10-6-16(31-30-10)28-17-14-4-2-3-5-15(14)27-18(29-17)32-13-8-11(19(21,22)23)7-12(9-13)20(24,25)26/h2-9H,1H3,(H2,27,28,29,30,31). The highest BCUT2D eigenvalue weighted by molar-refractivity contribution is 7.99. The van der Waals surface area contributed by atoms with Crippen molar-refractivity contribution in [2.75, 3.05) is 5.32 Å². The van der Waals surface area contributed by atoms with Gasteiger partial charge in [0.2, 0.25) is 0 Å². The average molecular weight is 469 g/mol. The molecule has 0 spiro atoms. The molecule has 2 aromatic carbocycles. The smallest absolute Gasteiger partial charge is 0.323 e. The van der Waals surface area contributed by atoms with Crippen LogP contribution in [0.2, 0.25) is 0 Å². The van der Waals surface area contributed by atoms with Crippen LogP contribution in [0, 0.1) is 6.92 Å². The molecule has 4 aromatic rings. The zero-order chi connectivity index (χ0) is 23.1. The maximum absolute atomic E-state index is 13.2. The lowest BCUT2D eigenvalue weighted by Gasteiger charge is -2.14. The first-order valence-electron chi connectivity index (χ1n) is 9.02. The first-order chi connectivity index (χ1) is 15.0. The SMILES string of the molecule is Cc1cc(Nc2nc(Sc3cc(C(F)(F)F)cc(C(F)(F)F)c3)nc3ccccc23)n[nH]1. The highest BCUT2D eigenvalue weighted by Crippen LogP contribution is 2.40. The lowest BCUT2D eigenvalue weighted by atomic mass is 10.1. The number of hydrogen-bond acceptors (Lipinski definition) is 5. The summed E-state index contributed by atoms with van der Waals surface area (Å²) in [5.74, 6) is 0.758. The van der Waals surface area contributed by atoms with Crippen molar-refractivity contribution in [1.29, 1.82) is 0 Å². The molecule has 2 heterocycles. The molecule has 0 amide bonds. The summed E-state index contributed by atoms with van der Waals surface area (Å²) in [6, 6.07) is 9.93. The van der Waals surface area contributed by atoms with E-state index >= 15 is 0 Å². The van der Waals surface area contributed by atoms with Crippen LogP contribution in [0.15, 0.2) is 58.6 Å². The molecule has 2 N–H and O–H groups in total. The number of alkyl halides is 6. The molecular formula is C20H13F6N5S. The van der Waals surface area contributed by atoms with Crippen molar-refractivity contribution < 1.29 is 26.3 Å². The lowest BCUT2D eigenvalue weighted by Crippen LogP contribution is -2.11. The summed E-state index contributed by atoms with van der Waals surface area (Å²) >= 11 is 0.602. The minimum atomic E-state index is -4.94. The molecule has 0 radical (unpaired) electrons. The van der Waals surface area contributed by atoms with Gasteiger partial charge in [-0.1, -0.05) is 12.1 Å². The molecule has 0 unspecified atom stereocenters. The van der Waals surface area contributed by atoms with Gasteiger partial charge in [-0.3, -0.25) is 5.10 Å². The van der Waals surface area contributed by atoms with E-state index < -0.39 is 23.5 Å². The van der Waals surface area contributed by atoms with Crippen molar-refractivity contribution in [2.24, 2.45) is 0 Å². The van der Waals surface area contributed by atoms with E-state index in [-0.39, 0.29) is 16.1 Å². The third kappa shape index (κ3) is 4.79. The van der Waals surface area contributed by atoms with Crippen LogP contribution in [0.3, 0.4) is 0 Å². The van der Waals surface area contributed by atoms with E-state index in [4.69, 9.17) is 0 Å². The highest BCUT2D eigenvalue weighted by Gasteiger charge is 2.37. The summed E-state index contributed by atoms with van der Waals surface area (Å²) < 4.78 is 79.0. The van der Waals surface area contributed by atoms with E-state index in [0.29, 0.717) is 46.4 Å². The Kier molecular flexibility index (Phi) is 5.49. The Morgan fingerprint density at radius 3 is 2.12 bits per heavy atom. The number of para-hydroxylation sites is 1. The van der Waals surface area contributed by atoms with Gasteiger partial charge in [0.15, 0.2) is 11.0 Å². The van der Waals surface area contributed by atoms with Gasteiger partial charge < -0.3 is 5.32 Å². The fraction of sp³-hybridized carbons (Fsp3) is 0.150. The number of H-pyrrole nitrogens is 1. The summed E-state index contributed by atoms with van der Waals surface area (Å²) in [7, 11) is 0. The van der Waals surface area contributed by atoms with Crippen LogP contribution in [-0.4, -0.2) is 20.2 Å². The normalized spacial score (nSPS) is 12.3. The molecule has 12 heteroatoms. The number of hydrogen-bond donors (Lipinski definition) is 2. The van der Waals surface area contributed by atoms with Gasteiger partial charge in [0.25, 0.3) is 0 Å². The third-order valence-electron chi connectivity index (χ3n) is 4.31. The maximum Gasteiger partial charge on any atom is 0.416 e. The molecule has 166 valence electrons. The summed E-state index contributed by atoms with van der Waals surface area (Å²) in [4.78, 5) is 8.30. The molecule has 32 heavy (non-hydrogen) atoms. The largest absolute Gasteiger partial charge is 0.416 e. The monoisotopic (exact) mass is 469 g/mol. The van der Waals surface area contributed by atoms with Crippen LogP contribution < -0.4 is 5.32 Å². The van der Waals surface area contributed by atoms with Gasteiger partial charge in [-0.15, -0.1) is 0 Å². The number of aromatic amines is 1. The van der Waals surface area contributed by atoms with E-state index in [1.165, 1.54) is 0 Å². The fourth-order valence-corrected chi connectivity index (χ4v) is 3.75. The molecule has 0 fully saturated rings. The van der Waals surface area contributed by atoms with Crippen molar-refractivity contribution in [3.8, 4) is 0 Å². The Bertz CT molecular complexity index is 1250. The van der Waals surface area contributed by atoms with E-state index in [2.05, 4.69) is 25.5 Å². The van der Waals surface area contributed by atoms with Crippen molar-refractivity contribution >= 4 is 34.3 Å². The predicted molar refractivity (Wildman–Crippen MR) is 107 cm³/mol. The molecule has 5 nitrogen and oxygen atoms in total. The van der Waals surface area contributed by atoms with Crippen LogP contribution in [0.5, 0.6) is 0 Å². The van der Waals surface area contributed by atoms with Crippen LogP contribution in [0.1, 0.15) is 16.8 Å². The maximum atomic E-state index is 13.2. The molecule has 0 aliphatic heterocycles. The van der Waals surface area contributed by atoms with E-state index in [1.54, 1.807) is 37.3 Å². The number of rotatable bonds is 4. The van der Waals surface area contributed by atoms with Gasteiger partial charge in [-0.2, -0.15) is 31.4 Å². The van der Waals surface area contributed by atoms with Gasteiger partial charge in [0.05, 0.1) is 16.6 Å². The van der Waals surface area contributed by atoms with E-state index in [9.17, 15) is 26.3 Å². The number of halogens is 6. The number of nitrogens with one attached hydrogen (secondary N) is 2. The second-order valence-electron chi connectivity index (χ2n) is 6.78. The van der Waals surface area contributed by atoms with Crippen molar-refractivity contribution in [3.05, 3.63) is 65.4 Å². The molecule has 0 saturated heterocycles. The van der Waals surface area contributed by atoms with Crippen LogP contribution in [-0.2, 0) is 12.4 Å². The van der Waals surface area contributed by atoms with Crippen LogP contribution in [0.4, 0.5) is 38.0 Å². The summed E-state index contributed by atoms with van der Waals surface area (Å²) in [6.45, 7) is 1.80. The number of aryl methyl sites for hydroxylation is 1. The molecule has 0 aliphatic rings. The van der Waals surface area contributed by atoms with Gasteiger partial charge in [0, 0.05) is 22.0 Å². The Labute approximate surface area is 181 Å². The Morgan fingerprint density at radius 1 is 0.875 bits per heavy atom. The van der Waals surface area contributed by atoms with Crippen molar-refractivity contribution in [3.63, 3.8) is 0 Å². The third-order valence-corrected chi connectivity index (χ3v) is 5.14. The second-order valence-corrected chi connectivity index (χ2v) is 7.82. The number of benzene rings is 2. The summed E-state index contributed by atoms with van der Waals surface area (Å²) in [5, 5.41) is 10.4. The molecule has 4 rings (SSSR count). The Morgan fingerprint density at radius 2 is 1.53 bits per heavy atom. The van der Waals surface area contributed by atoms with Crippen LogP contribution >= 0.6 is 11.8 Å². The topological polar surface area (TPSA) is 66.5 Å². The van der Waals surface area contributed by atoms with E-state index in [0.717, 1.165) is 5.69 Å². The molecule has 0 saturated carbocycles. The number of anilines is 2. The first-order valence-corrected chi connectivity index (χ1v) is 9.84. The number of aromatic nitrogens is 4. The first kappa shape index (κ1) is 21.9. The Hall–Kier alpha value is -3.28. The minimum absolute atomic E-state index is 0.0223. The molecule has 2 aromatic heterocycles. The van der Waals surface area contributed by atoms with Crippen molar-refractivity contribution in [2.45, 2.75) is 29.3 Å². The summed E-state index contributed by atoms with van der Waals surface area (Å²) in [6.07, 6.45) is -9.88. The van der Waals surface area contributed by atoms with Gasteiger partial charge in [0.1, 0.15) is 5.82 Å². The van der Waals surface area contributed by atoms with Crippen molar-refractivity contribution in [1.82, 2.24) is 20.2 Å². The van der Waals surface area contributed by atoms with Gasteiger partial charge in [-0.05, 0) is 49.0 Å². The molecular weight excluding hydrogens is 456 g/mol. The second kappa shape index (κ2) is 8.01. The highest BCUT2D eigenvalue weighted by atomic mass is 32.2. The quantitative estimate of drug-likeness (QED) is 0.261. The minimum Gasteiger partial charge on any atom is -0.323 e. The zero-order valence-corrected chi connectivity index (χ0v) is 17.0. The number of fused-ring (bicyclic) bond motifs is 1. The predicted octanol–water partition coefficient (Wildman–Crippen LogP) is 6.59. The van der Waals surface area contributed by atoms with Gasteiger partial charge >= 0.3 is 12.4 Å². The average Bonchev–Trinajstić information content (AvgIpc) is 3.11. The van der Waals surface area contributed by atoms with Crippen LogP contribution in [0.25, 0.3) is 10.9 Å². The van der Waals surface area contributed by atoms with E-state index in [1.807, 2.05) is 0 Å². The Balaban J connectivity index is 1.77. The number of nitrogens with zero attached hydrogens (tertiary/aromatic N) is 3. The van der Waals surface area contributed by atoms with Gasteiger partial charge in [-0.25, -0.2) is 9.97 Å². The molecule has 0 bridgehead atoms. The lowest BCUT2D eigenvalue weighted by molar-refractivity contribution is -0.143. The molecule has 0 aliphatic carbocycles. The zero-order valence-electron chi connectivity index (χ0n) is 16.1. The molecule has 0 atom stereocenters. The fourth-order valence-electron chi connectivity index (χ4n) is 2.89. The summed E-state index contributed by atoms with van der Waals surface area (Å²) in [5.41, 5.74) is -1.56.